The van der Waals surface area contributed by atoms with Crippen molar-refractivity contribution in [3.05, 3.63) is 71.4 Å². The van der Waals surface area contributed by atoms with E-state index in [-0.39, 0.29) is 24.8 Å². The van der Waals surface area contributed by atoms with Gasteiger partial charge in [0.2, 0.25) is 0 Å². The molecule has 2 aromatic heterocycles. The molecule has 0 aliphatic carbocycles. The van der Waals surface area contributed by atoms with E-state index in [1.807, 2.05) is 30.3 Å². The Labute approximate surface area is 189 Å². The van der Waals surface area contributed by atoms with Crippen LogP contribution in [-0.4, -0.2) is 38.4 Å². The number of nitrogens with one attached hydrogen (secondary N) is 1. The molecule has 0 unspecified atom stereocenters. The fraction of sp³-hybridized carbons (Fsp3) is 0.227. The lowest BCUT2D eigenvalue weighted by atomic mass is 10.0. The number of alkyl halides is 1. The monoisotopic (exact) mass is 456 g/mol. The van der Waals surface area contributed by atoms with Gasteiger partial charge in [-0.3, -0.25) is 9.13 Å². The molecule has 0 bridgehead atoms. The second-order valence-corrected chi connectivity index (χ2v) is 7.40. The predicted molar refractivity (Wildman–Crippen MR) is 123 cm³/mol. The first kappa shape index (κ1) is 21.8. The fourth-order valence-corrected chi connectivity index (χ4v) is 3.99. The van der Waals surface area contributed by atoms with Crippen LogP contribution in [0.3, 0.4) is 0 Å². The molecule has 8 nitrogen and oxygen atoms in total. The van der Waals surface area contributed by atoms with Gasteiger partial charge in [0.15, 0.2) is 11.5 Å². The molecule has 3 heterocycles. The van der Waals surface area contributed by atoms with E-state index in [4.69, 9.17) is 10.5 Å². The number of nitrogens with two attached hydrogens (primary N) is 1. The van der Waals surface area contributed by atoms with Gasteiger partial charge in [-0.1, -0.05) is 18.2 Å². The minimum atomic E-state index is -1.21. The zero-order valence-electron chi connectivity index (χ0n) is 17.0. The molecule has 0 amide bonds. The molecule has 32 heavy (non-hydrogen) atoms. The summed E-state index contributed by atoms with van der Waals surface area (Å²) < 4.78 is 23.4. The highest BCUT2D eigenvalue weighted by molar-refractivity contribution is 5.85. The van der Waals surface area contributed by atoms with E-state index in [9.17, 15) is 9.18 Å². The highest BCUT2D eigenvalue weighted by Crippen LogP contribution is 2.28. The van der Waals surface area contributed by atoms with Crippen LogP contribution in [0, 0.1) is 0 Å². The van der Waals surface area contributed by atoms with Gasteiger partial charge in [0.25, 0.3) is 0 Å². The average molecular weight is 457 g/mol. The number of benzene rings is 2. The van der Waals surface area contributed by atoms with E-state index in [0.717, 1.165) is 0 Å². The van der Waals surface area contributed by atoms with Crippen molar-refractivity contribution in [3.63, 3.8) is 0 Å². The number of hydrogen-bond acceptors (Lipinski definition) is 6. The van der Waals surface area contributed by atoms with Gasteiger partial charge >= 0.3 is 5.69 Å². The number of piperidine rings is 1. The van der Waals surface area contributed by atoms with Crippen molar-refractivity contribution in [1.29, 1.82) is 0 Å². The maximum absolute atomic E-state index is 14.7. The quantitative estimate of drug-likeness (QED) is 0.489. The van der Waals surface area contributed by atoms with Crippen molar-refractivity contribution in [3.8, 4) is 17.2 Å². The standard InChI is InChI=1S/C22H21FN6O2.ClH/c23-17-12-25-11-10-18(17)29-21-19(20(24)26-13-27-21)28(22(29)30)14-6-8-16(9-7-14)31-15-4-2-1-3-5-15;/h1-9,13,17-18,25H,10-12H2,(H2,24,26,27);1H/t17-,18-;/m1./s1. The third-order valence-electron chi connectivity index (χ3n) is 5.46. The van der Waals surface area contributed by atoms with Crippen molar-refractivity contribution >= 4 is 29.4 Å². The molecule has 166 valence electrons. The minimum Gasteiger partial charge on any atom is -0.457 e. The van der Waals surface area contributed by atoms with Crippen LogP contribution in [0.2, 0.25) is 0 Å². The Balaban J connectivity index is 0.00000245. The van der Waals surface area contributed by atoms with Crippen LogP contribution in [0.5, 0.6) is 11.5 Å². The first-order valence-corrected chi connectivity index (χ1v) is 10.0. The van der Waals surface area contributed by atoms with E-state index in [0.29, 0.717) is 41.3 Å². The van der Waals surface area contributed by atoms with Crippen molar-refractivity contribution < 1.29 is 9.13 Å². The topological polar surface area (TPSA) is 100.0 Å². The molecular formula is C22H22ClFN6O2. The second-order valence-electron chi connectivity index (χ2n) is 7.40. The summed E-state index contributed by atoms with van der Waals surface area (Å²) in [6.45, 7) is 0.812. The molecular weight excluding hydrogens is 435 g/mol. The summed E-state index contributed by atoms with van der Waals surface area (Å²) in [6, 6.07) is 15.8. The third-order valence-corrected chi connectivity index (χ3v) is 5.46. The molecule has 0 saturated carbocycles. The van der Waals surface area contributed by atoms with Gasteiger partial charge in [0.05, 0.1) is 11.7 Å². The number of fused-ring (bicyclic) bond motifs is 1. The van der Waals surface area contributed by atoms with Crippen molar-refractivity contribution in [2.45, 2.75) is 18.6 Å². The molecule has 0 radical (unpaired) electrons. The van der Waals surface area contributed by atoms with Crippen molar-refractivity contribution in [2.24, 2.45) is 0 Å². The number of aromatic nitrogens is 4. The SMILES string of the molecule is Cl.Nc1ncnc2c1n(-c1ccc(Oc3ccccc3)cc1)c(=O)n2[C@@H]1CCNC[C@H]1F. The van der Waals surface area contributed by atoms with Gasteiger partial charge in [-0.25, -0.2) is 19.2 Å². The predicted octanol–water partition coefficient (Wildman–Crippen LogP) is 3.25. The minimum absolute atomic E-state index is 0. The average Bonchev–Trinajstić information content (AvgIpc) is 3.08. The zero-order valence-corrected chi connectivity index (χ0v) is 17.8. The Morgan fingerprint density at radius 1 is 1.06 bits per heavy atom. The van der Waals surface area contributed by atoms with E-state index >= 15 is 0 Å². The highest BCUT2D eigenvalue weighted by atomic mass is 35.5. The van der Waals surface area contributed by atoms with Gasteiger partial charge < -0.3 is 15.8 Å². The smallest absolute Gasteiger partial charge is 0.335 e. The first-order chi connectivity index (χ1) is 15.1. The summed E-state index contributed by atoms with van der Waals surface area (Å²) in [4.78, 5) is 21.8. The number of ether oxygens (including phenoxy) is 1. The van der Waals surface area contributed by atoms with Crippen LogP contribution >= 0.6 is 12.4 Å². The Bertz CT molecular complexity index is 1280. The Morgan fingerprint density at radius 2 is 1.78 bits per heavy atom. The molecule has 1 fully saturated rings. The van der Waals surface area contributed by atoms with Crippen molar-refractivity contribution in [2.75, 3.05) is 18.8 Å². The number of hydrogen-bond donors (Lipinski definition) is 2. The molecule has 5 rings (SSSR count). The van der Waals surface area contributed by atoms with Gasteiger partial charge in [0, 0.05) is 6.54 Å². The Morgan fingerprint density at radius 3 is 2.50 bits per heavy atom. The van der Waals surface area contributed by atoms with Crippen LogP contribution < -0.4 is 21.5 Å². The Hall–Kier alpha value is -3.43. The summed E-state index contributed by atoms with van der Waals surface area (Å²) in [7, 11) is 0. The lowest BCUT2D eigenvalue weighted by Crippen LogP contribution is -2.42. The van der Waals surface area contributed by atoms with Crippen molar-refractivity contribution in [1.82, 2.24) is 24.4 Å². The maximum atomic E-state index is 14.7. The van der Waals surface area contributed by atoms with E-state index in [2.05, 4.69) is 15.3 Å². The fourth-order valence-electron chi connectivity index (χ4n) is 3.99. The number of para-hydroxylation sites is 1. The summed E-state index contributed by atoms with van der Waals surface area (Å²) in [5.41, 5.74) is 6.99. The molecule has 1 saturated heterocycles. The maximum Gasteiger partial charge on any atom is 0.335 e. The van der Waals surface area contributed by atoms with Gasteiger partial charge in [-0.2, -0.15) is 0 Å². The van der Waals surface area contributed by atoms with Crippen LogP contribution in [-0.2, 0) is 0 Å². The summed E-state index contributed by atoms with van der Waals surface area (Å²) in [5, 5.41) is 3.01. The lowest BCUT2D eigenvalue weighted by Gasteiger charge is -2.27. The number of rotatable bonds is 4. The number of halogens is 2. The number of imidazole rings is 1. The first-order valence-electron chi connectivity index (χ1n) is 10.0. The number of anilines is 1. The van der Waals surface area contributed by atoms with Crippen LogP contribution in [0.15, 0.2) is 65.7 Å². The lowest BCUT2D eigenvalue weighted by molar-refractivity contribution is 0.183. The normalized spacial score (nSPS) is 18.3. The zero-order chi connectivity index (χ0) is 21.4. The molecule has 4 aromatic rings. The summed E-state index contributed by atoms with van der Waals surface area (Å²) >= 11 is 0. The molecule has 0 spiro atoms. The second kappa shape index (κ2) is 8.97. The third kappa shape index (κ3) is 3.80. The van der Waals surface area contributed by atoms with E-state index in [1.54, 1.807) is 24.3 Å². The molecule has 10 heteroatoms. The number of nitrogen functional groups attached to an aromatic ring is 1. The van der Waals surface area contributed by atoms with Crippen LogP contribution in [0.4, 0.5) is 10.2 Å². The van der Waals surface area contributed by atoms with E-state index in [1.165, 1.54) is 15.5 Å². The molecule has 2 aromatic carbocycles. The largest absolute Gasteiger partial charge is 0.457 e. The van der Waals surface area contributed by atoms with Gasteiger partial charge in [-0.15, -0.1) is 12.4 Å². The molecule has 3 N–H and O–H groups in total. The van der Waals surface area contributed by atoms with Gasteiger partial charge in [0.1, 0.15) is 29.5 Å². The van der Waals surface area contributed by atoms with E-state index < -0.39 is 17.9 Å². The molecule has 2 atom stereocenters. The summed E-state index contributed by atoms with van der Waals surface area (Å²) in [6.07, 6.45) is 0.570. The van der Waals surface area contributed by atoms with Crippen LogP contribution in [0.1, 0.15) is 12.5 Å². The summed E-state index contributed by atoms with van der Waals surface area (Å²) in [5.74, 6) is 1.49. The highest BCUT2D eigenvalue weighted by Gasteiger charge is 2.31. The Kier molecular flexibility index (Phi) is 6.11. The number of nitrogens with zero attached hydrogens (tertiary/aromatic N) is 4. The molecule has 1 aliphatic rings. The van der Waals surface area contributed by atoms with Gasteiger partial charge in [-0.05, 0) is 49.4 Å². The van der Waals surface area contributed by atoms with Crippen LogP contribution in [0.25, 0.3) is 16.9 Å². The molecule has 1 aliphatic heterocycles.